The predicted molar refractivity (Wildman–Crippen MR) is 63.8 cm³/mol. The second kappa shape index (κ2) is 5.42. The molecule has 1 heterocycles. The Hall–Kier alpha value is -1.20. The van der Waals surface area contributed by atoms with Crippen molar-refractivity contribution in [2.45, 2.75) is 46.5 Å². The number of methoxy groups -OCH3 is 1. The number of rotatable bonds is 4. The van der Waals surface area contributed by atoms with E-state index in [0.29, 0.717) is 29.6 Å². The van der Waals surface area contributed by atoms with Crippen LogP contribution in [0.2, 0.25) is 0 Å². The van der Waals surface area contributed by atoms with Gasteiger partial charge >= 0.3 is 0 Å². The van der Waals surface area contributed by atoms with Gasteiger partial charge in [0.05, 0.1) is 30.6 Å². The Balaban J connectivity index is 2.92. The van der Waals surface area contributed by atoms with E-state index in [0.717, 1.165) is 0 Å². The van der Waals surface area contributed by atoms with Crippen LogP contribution in [0.25, 0.3) is 0 Å². The number of aryl methyl sites for hydroxylation is 1. The van der Waals surface area contributed by atoms with Crippen LogP contribution in [0, 0.1) is 6.92 Å². The zero-order valence-corrected chi connectivity index (χ0v) is 11.1. The van der Waals surface area contributed by atoms with Crippen molar-refractivity contribution in [3.63, 3.8) is 0 Å². The molecule has 0 aliphatic carbocycles. The second-order valence-corrected chi connectivity index (χ2v) is 4.77. The van der Waals surface area contributed by atoms with Crippen molar-refractivity contribution in [1.82, 2.24) is 9.97 Å². The summed E-state index contributed by atoms with van der Waals surface area (Å²) in [6.07, 6.45) is 0. The third-order valence-electron chi connectivity index (χ3n) is 2.21. The Labute approximate surface area is 102 Å². The van der Waals surface area contributed by atoms with Crippen LogP contribution in [0.4, 0.5) is 0 Å². The quantitative estimate of drug-likeness (QED) is 0.866. The molecule has 1 rings (SSSR count). The van der Waals surface area contributed by atoms with Gasteiger partial charge in [-0.15, -0.1) is 0 Å². The highest BCUT2D eigenvalue weighted by Gasteiger charge is 2.15. The SMILES string of the molecule is COc1nc(COC(C)(C)C)nc(C)c1CO. The first-order chi connectivity index (χ1) is 7.87. The van der Waals surface area contributed by atoms with Crippen molar-refractivity contribution < 1.29 is 14.6 Å². The molecule has 0 fully saturated rings. The number of aliphatic hydroxyl groups excluding tert-OH is 1. The van der Waals surface area contributed by atoms with Gasteiger partial charge in [0, 0.05) is 0 Å². The van der Waals surface area contributed by atoms with Crippen LogP contribution < -0.4 is 4.74 Å². The number of aromatic nitrogens is 2. The molecule has 0 aliphatic heterocycles. The third kappa shape index (κ3) is 3.94. The summed E-state index contributed by atoms with van der Waals surface area (Å²) in [5, 5.41) is 9.19. The van der Waals surface area contributed by atoms with E-state index in [1.807, 2.05) is 27.7 Å². The minimum Gasteiger partial charge on any atom is -0.481 e. The molecule has 0 aliphatic rings. The predicted octanol–water partition coefficient (Wildman–Crippen LogP) is 1.60. The first-order valence-corrected chi connectivity index (χ1v) is 5.52. The average Bonchev–Trinajstić information content (AvgIpc) is 2.24. The molecule has 0 radical (unpaired) electrons. The Morgan fingerprint density at radius 2 is 1.88 bits per heavy atom. The fraction of sp³-hybridized carbons (Fsp3) is 0.667. The lowest BCUT2D eigenvalue weighted by Gasteiger charge is -2.19. The molecule has 1 aromatic heterocycles. The minimum atomic E-state index is -0.236. The maximum absolute atomic E-state index is 9.19. The molecule has 0 spiro atoms. The first kappa shape index (κ1) is 13.9. The number of nitrogens with zero attached hydrogens (tertiary/aromatic N) is 2. The smallest absolute Gasteiger partial charge is 0.222 e. The van der Waals surface area contributed by atoms with Crippen LogP contribution in [0.5, 0.6) is 5.88 Å². The Morgan fingerprint density at radius 3 is 2.35 bits per heavy atom. The molecule has 0 atom stereocenters. The van der Waals surface area contributed by atoms with Crippen molar-refractivity contribution in [2.24, 2.45) is 0 Å². The third-order valence-corrected chi connectivity index (χ3v) is 2.21. The van der Waals surface area contributed by atoms with E-state index in [9.17, 15) is 5.11 Å². The summed E-state index contributed by atoms with van der Waals surface area (Å²) in [5.41, 5.74) is 1.10. The standard InChI is InChI=1S/C12H20N2O3/c1-8-9(6-15)11(16-5)14-10(13-8)7-17-12(2,3)4/h15H,6-7H2,1-5H3. The van der Waals surface area contributed by atoms with E-state index in [2.05, 4.69) is 9.97 Å². The summed E-state index contributed by atoms with van der Waals surface area (Å²) >= 11 is 0. The summed E-state index contributed by atoms with van der Waals surface area (Å²) in [6.45, 7) is 7.93. The van der Waals surface area contributed by atoms with Crippen LogP contribution in [-0.4, -0.2) is 27.8 Å². The molecule has 0 saturated heterocycles. The van der Waals surface area contributed by atoms with Gasteiger partial charge in [0.1, 0.15) is 6.61 Å². The highest BCUT2D eigenvalue weighted by atomic mass is 16.5. The van der Waals surface area contributed by atoms with Gasteiger partial charge in [0.25, 0.3) is 0 Å². The molecule has 1 aromatic rings. The van der Waals surface area contributed by atoms with E-state index in [-0.39, 0.29) is 12.2 Å². The largest absolute Gasteiger partial charge is 0.481 e. The van der Waals surface area contributed by atoms with E-state index < -0.39 is 0 Å². The number of hydrogen-bond acceptors (Lipinski definition) is 5. The monoisotopic (exact) mass is 240 g/mol. The van der Waals surface area contributed by atoms with Crippen LogP contribution in [0.1, 0.15) is 37.9 Å². The zero-order chi connectivity index (χ0) is 13.1. The summed E-state index contributed by atoms with van der Waals surface area (Å²) in [4.78, 5) is 8.49. The van der Waals surface area contributed by atoms with Crippen molar-refractivity contribution in [3.8, 4) is 5.88 Å². The van der Waals surface area contributed by atoms with Crippen LogP contribution >= 0.6 is 0 Å². The highest BCUT2D eigenvalue weighted by Crippen LogP contribution is 2.19. The summed E-state index contributed by atoms with van der Waals surface area (Å²) < 4.78 is 10.7. The molecule has 0 amide bonds. The molecule has 17 heavy (non-hydrogen) atoms. The highest BCUT2D eigenvalue weighted by molar-refractivity contribution is 5.29. The number of ether oxygens (including phenoxy) is 2. The second-order valence-electron chi connectivity index (χ2n) is 4.77. The van der Waals surface area contributed by atoms with Gasteiger partial charge in [0.15, 0.2) is 5.82 Å². The molecule has 96 valence electrons. The average molecular weight is 240 g/mol. The number of hydrogen-bond donors (Lipinski definition) is 1. The van der Waals surface area contributed by atoms with Gasteiger partial charge in [-0.25, -0.2) is 4.98 Å². The van der Waals surface area contributed by atoms with Gasteiger partial charge in [0.2, 0.25) is 5.88 Å². The summed E-state index contributed by atoms with van der Waals surface area (Å²) in [6, 6.07) is 0. The van der Waals surface area contributed by atoms with Crippen molar-refractivity contribution >= 4 is 0 Å². The van der Waals surface area contributed by atoms with E-state index >= 15 is 0 Å². The molecular weight excluding hydrogens is 220 g/mol. The van der Waals surface area contributed by atoms with Gasteiger partial charge in [-0.3, -0.25) is 0 Å². The maximum atomic E-state index is 9.19. The van der Waals surface area contributed by atoms with E-state index in [1.165, 1.54) is 7.11 Å². The molecule has 5 heteroatoms. The van der Waals surface area contributed by atoms with Gasteiger partial charge in [-0.05, 0) is 27.7 Å². The lowest BCUT2D eigenvalue weighted by molar-refractivity contribution is -0.0184. The van der Waals surface area contributed by atoms with Crippen LogP contribution in [-0.2, 0) is 18.0 Å². The van der Waals surface area contributed by atoms with Crippen LogP contribution in [0.15, 0.2) is 0 Å². The maximum Gasteiger partial charge on any atom is 0.222 e. The molecule has 0 bridgehead atoms. The lowest BCUT2D eigenvalue weighted by Crippen LogP contribution is -2.20. The van der Waals surface area contributed by atoms with Crippen LogP contribution in [0.3, 0.4) is 0 Å². The van der Waals surface area contributed by atoms with Gasteiger partial charge in [-0.2, -0.15) is 4.98 Å². The summed E-state index contributed by atoms with van der Waals surface area (Å²) in [5.74, 6) is 0.971. The zero-order valence-electron chi connectivity index (χ0n) is 11.1. The van der Waals surface area contributed by atoms with Gasteiger partial charge in [-0.1, -0.05) is 0 Å². The first-order valence-electron chi connectivity index (χ1n) is 5.52. The number of aliphatic hydroxyl groups is 1. The molecule has 5 nitrogen and oxygen atoms in total. The molecule has 0 unspecified atom stereocenters. The minimum absolute atomic E-state index is 0.130. The molecule has 0 saturated carbocycles. The molecule has 1 N–H and O–H groups in total. The summed E-state index contributed by atoms with van der Waals surface area (Å²) in [7, 11) is 1.52. The Kier molecular flexibility index (Phi) is 4.42. The topological polar surface area (TPSA) is 64.5 Å². The molecular formula is C12H20N2O3. The fourth-order valence-electron chi connectivity index (χ4n) is 1.32. The fourth-order valence-corrected chi connectivity index (χ4v) is 1.32. The normalized spacial score (nSPS) is 11.6. The van der Waals surface area contributed by atoms with Crippen molar-refractivity contribution in [3.05, 3.63) is 17.1 Å². The van der Waals surface area contributed by atoms with E-state index in [1.54, 1.807) is 0 Å². The Bertz CT molecular complexity index is 386. The molecule has 0 aromatic carbocycles. The van der Waals surface area contributed by atoms with Crippen molar-refractivity contribution in [1.29, 1.82) is 0 Å². The lowest BCUT2D eigenvalue weighted by atomic mass is 10.2. The van der Waals surface area contributed by atoms with Gasteiger partial charge < -0.3 is 14.6 Å². The van der Waals surface area contributed by atoms with E-state index in [4.69, 9.17) is 9.47 Å². The Morgan fingerprint density at radius 1 is 1.24 bits per heavy atom. The van der Waals surface area contributed by atoms with Crippen molar-refractivity contribution in [2.75, 3.05) is 7.11 Å².